The van der Waals surface area contributed by atoms with E-state index in [9.17, 15) is 10.1 Å². The molecule has 3 nitrogen and oxygen atoms in total. The first-order valence-electron chi connectivity index (χ1n) is 7.86. The highest BCUT2D eigenvalue weighted by molar-refractivity contribution is 5.77. The first kappa shape index (κ1) is 15.6. The molecule has 1 saturated heterocycles. The van der Waals surface area contributed by atoms with Gasteiger partial charge in [-0.25, -0.2) is 0 Å². The Morgan fingerprint density at radius 3 is 2.52 bits per heavy atom. The Morgan fingerprint density at radius 1 is 1.24 bits per heavy atom. The number of hydrogen-bond acceptors (Lipinski definition) is 2. The molecule has 1 heterocycles. The molecule has 1 aliphatic rings. The Bertz CT molecular complexity index is 537. The summed E-state index contributed by atoms with van der Waals surface area (Å²) in [5.41, 5.74) is 3.23. The fourth-order valence-electron chi connectivity index (χ4n) is 2.98. The van der Waals surface area contributed by atoms with Crippen molar-refractivity contribution in [2.75, 3.05) is 13.1 Å². The Labute approximate surface area is 127 Å². The average molecular weight is 284 g/mol. The zero-order valence-electron chi connectivity index (χ0n) is 13.1. The summed E-state index contributed by atoms with van der Waals surface area (Å²) in [6.45, 7) is 5.73. The molecule has 0 N–H and O–H groups in total. The standard InChI is InChI=1S/C18H24N2O/c1-14-7-8-15(2)17(11-14)16(13-19)12-18(21)20-9-5-3-4-6-10-20/h7-8,11,16H,3-6,9-10,12H2,1-2H3. The van der Waals surface area contributed by atoms with Crippen LogP contribution in [-0.4, -0.2) is 23.9 Å². The van der Waals surface area contributed by atoms with Crippen LogP contribution in [0.5, 0.6) is 0 Å². The van der Waals surface area contributed by atoms with Gasteiger partial charge in [-0.1, -0.05) is 36.6 Å². The Hall–Kier alpha value is -1.82. The van der Waals surface area contributed by atoms with Gasteiger partial charge < -0.3 is 4.90 Å². The second kappa shape index (κ2) is 7.26. The number of carbonyl (C=O) groups excluding carboxylic acids is 1. The Morgan fingerprint density at radius 2 is 1.90 bits per heavy atom. The van der Waals surface area contributed by atoms with Crippen molar-refractivity contribution in [3.8, 4) is 6.07 Å². The van der Waals surface area contributed by atoms with E-state index in [1.165, 1.54) is 12.8 Å². The number of likely N-dealkylation sites (tertiary alicyclic amines) is 1. The first-order valence-corrected chi connectivity index (χ1v) is 7.86. The summed E-state index contributed by atoms with van der Waals surface area (Å²) in [4.78, 5) is 14.4. The lowest BCUT2D eigenvalue weighted by Gasteiger charge is -2.22. The van der Waals surface area contributed by atoms with Crippen LogP contribution in [-0.2, 0) is 4.79 Å². The summed E-state index contributed by atoms with van der Waals surface area (Å²) >= 11 is 0. The molecule has 0 radical (unpaired) electrons. The molecule has 1 aliphatic heterocycles. The fourth-order valence-corrected chi connectivity index (χ4v) is 2.98. The van der Waals surface area contributed by atoms with Gasteiger partial charge in [0.15, 0.2) is 0 Å². The van der Waals surface area contributed by atoms with Gasteiger partial charge in [0.05, 0.1) is 12.0 Å². The topological polar surface area (TPSA) is 44.1 Å². The lowest BCUT2D eigenvalue weighted by molar-refractivity contribution is -0.131. The van der Waals surface area contributed by atoms with E-state index in [4.69, 9.17) is 0 Å². The second-order valence-electron chi connectivity index (χ2n) is 6.04. The molecule has 0 aliphatic carbocycles. The van der Waals surface area contributed by atoms with Crippen molar-refractivity contribution in [2.45, 2.75) is 51.9 Å². The molecular weight excluding hydrogens is 260 g/mol. The normalized spacial score (nSPS) is 16.9. The molecule has 0 saturated carbocycles. The third-order valence-corrected chi connectivity index (χ3v) is 4.30. The zero-order chi connectivity index (χ0) is 15.2. The van der Waals surface area contributed by atoms with Gasteiger partial charge in [0.2, 0.25) is 5.91 Å². The predicted molar refractivity (Wildman–Crippen MR) is 83.9 cm³/mol. The fraction of sp³-hybridized carbons (Fsp3) is 0.556. The summed E-state index contributed by atoms with van der Waals surface area (Å²) in [5, 5.41) is 9.48. The number of amides is 1. The Kier molecular flexibility index (Phi) is 5.38. The zero-order valence-corrected chi connectivity index (χ0v) is 13.1. The second-order valence-corrected chi connectivity index (χ2v) is 6.04. The van der Waals surface area contributed by atoms with Gasteiger partial charge in [0, 0.05) is 19.5 Å². The molecule has 1 unspecified atom stereocenters. The van der Waals surface area contributed by atoms with E-state index < -0.39 is 0 Å². The highest BCUT2D eigenvalue weighted by Gasteiger charge is 2.22. The summed E-state index contributed by atoms with van der Waals surface area (Å²) < 4.78 is 0. The molecule has 0 spiro atoms. The van der Waals surface area contributed by atoms with Gasteiger partial charge in [-0.3, -0.25) is 4.79 Å². The predicted octanol–water partition coefficient (Wildman–Crippen LogP) is 3.70. The monoisotopic (exact) mass is 284 g/mol. The van der Waals surface area contributed by atoms with E-state index >= 15 is 0 Å². The first-order chi connectivity index (χ1) is 10.1. The number of rotatable bonds is 3. The number of carbonyl (C=O) groups is 1. The molecule has 1 atom stereocenters. The molecule has 2 rings (SSSR count). The van der Waals surface area contributed by atoms with Crippen LogP contribution in [0.4, 0.5) is 0 Å². The van der Waals surface area contributed by atoms with Crippen LogP contribution >= 0.6 is 0 Å². The van der Waals surface area contributed by atoms with Gasteiger partial charge in [-0.05, 0) is 37.8 Å². The molecule has 1 fully saturated rings. The van der Waals surface area contributed by atoms with Crippen LogP contribution < -0.4 is 0 Å². The van der Waals surface area contributed by atoms with Crippen LogP contribution in [0.1, 0.15) is 54.7 Å². The molecule has 1 amide bonds. The van der Waals surface area contributed by atoms with E-state index in [0.717, 1.165) is 42.6 Å². The van der Waals surface area contributed by atoms with E-state index in [1.54, 1.807) is 0 Å². The van der Waals surface area contributed by atoms with E-state index in [-0.39, 0.29) is 11.8 Å². The number of benzene rings is 1. The summed E-state index contributed by atoms with van der Waals surface area (Å²) in [5.74, 6) is -0.204. The molecular formula is C18H24N2O. The van der Waals surface area contributed by atoms with Crippen molar-refractivity contribution in [1.29, 1.82) is 5.26 Å². The number of nitriles is 1. The summed E-state index contributed by atoms with van der Waals surface area (Å²) in [6.07, 6.45) is 4.91. The van der Waals surface area contributed by atoms with E-state index in [2.05, 4.69) is 6.07 Å². The summed E-state index contributed by atoms with van der Waals surface area (Å²) in [6, 6.07) is 8.44. The maximum atomic E-state index is 12.5. The highest BCUT2D eigenvalue weighted by Crippen LogP contribution is 2.25. The molecule has 0 bridgehead atoms. The lowest BCUT2D eigenvalue weighted by Crippen LogP contribution is -2.32. The van der Waals surface area contributed by atoms with Crippen molar-refractivity contribution in [2.24, 2.45) is 0 Å². The molecule has 1 aromatic carbocycles. The van der Waals surface area contributed by atoms with Crippen molar-refractivity contribution in [1.82, 2.24) is 4.90 Å². The SMILES string of the molecule is Cc1ccc(C)c(C(C#N)CC(=O)N2CCCCCC2)c1. The summed E-state index contributed by atoms with van der Waals surface area (Å²) in [7, 11) is 0. The lowest BCUT2D eigenvalue weighted by atomic mass is 9.91. The number of hydrogen-bond donors (Lipinski definition) is 0. The third kappa shape index (κ3) is 4.07. The largest absolute Gasteiger partial charge is 0.343 e. The van der Waals surface area contributed by atoms with Crippen LogP contribution in [0.3, 0.4) is 0 Å². The van der Waals surface area contributed by atoms with Gasteiger partial charge in [0.1, 0.15) is 0 Å². The minimum Gasteiger partial charge on any atom is -0.343 e. The minimum atomic E-state index is -0.333. The van der Waals surface area contributed by atoms with Crippen LogP contribution in [0.25, 0.3) is 0 Å². The molecule has 21 heavy (non-hydrogen) atoms. The molecule has 1 aromatic rings. The molecule has 3 heteroatoms. The van der Waals surface area contributed by atoms with Crippen molar-refractivity contribution >= 4 is 5.91 Å². The average Bonchev–Trinajstić information content (AvgIpc) is 2.76. The van der Waals surface area contributed by atoms with E-state index in [0.29, 0.717) is 6.42 Å². The maximum Gasteiger partial charge on any atom is 0.224 e. The van der Waals surface area contributed by atoms with Gasteiger partial charge in [0.25, 0.3) is 0 Å². The van der Waals surface area contributed by atoms with Crippen LogP contribution in [0.15, 0.2) is 18.2 Å². The van der Waals surface area contributed by atoms with Crippen molar-refractivity contribution in [3.63, 3.8) is 0 Å². The van der Waals surface area contributed by atoms with E-state index in [1.807, 2.05) is 36.9 Å². The molecule has 0 aromatic heterocycles. The van der Waals surface area contributed by atoms with Crippen molar-refractivity contribution < 1.29 is 4.79 Å². The van der Waals surface area contributed by atoms with Crippen LogP contribution in [0.2, 0.25) is 0 Å². The number of nitrogens with zero attached hydrogens (tertiary/aromatic N) is 2. The minimum absolute atomic E-state index is 0.129. The van der Waals surface area contributed by atoms with Gasteiger partial charge >= 0.3 is 0 Å². The highest BCUT2D eigenvalue weighted by atomic mass is 16.2. The Balaban J connectivity index is 2.09. The van der Waals surface area contributed by atoms with Crippen molar-refractivity contribution in [3.05, 3.63) is 34.9 Å². The smallest absolute Gasteiger partial charge is 0.224 e. The van der Waals surface area contributed by atoms with Crippen LogP contribution in [0, 0.1) is 25.2 Å². The number of aryl methyl sites for hydroxylation is 2. The van der Waals surface area contributed by atoms with Gasteiger partial charge in [-0.15, -0.1) is 0 Å². The molecule has 112 valence electrons. The maximum absolute atomic E-state index is 12.5. The van der Waals surface area contributed by atoms with Gasteiger partial charge in [-0.2, -0.15) is 5.26 Å². The quantitative estimate of drug-likeness (QED) is 0.849. The third-order valence-electron chi connectivity index (χ3n) is 4.30.